The fraction of sp³-hybridized carbons (Fsp3) is 0.562. The van der Waals surface area contributed by atoms with Crippen molar-refractivity contribution in [2.75, 3.05) is 32.7 Å². The van der Waals surface area contributed by atoms with E-state index in [2.05, 4.69) is 28.8 Å². The molecule has 116 valence electrons. The van der Waals surface area contributed by atoms with Gasteiger partial charge < -0.3 is 15.8 Å². The molecule has 0 bridgehead atoms. The third kappa shape index (κ3) is 4.44. The lowest BCUT2D eigenvalue weighted by Crippen LogP contribution is -2.47. The van der Waals surface area contributed by atoms with Crippen LogP contribution in [0.15, 0.2) is 29.4 Å². The fourth-order valence-electron chi connectivity index (χ4n) is 2.85. The van der Waals surface area contributed by atoms with E-state index in [0.29, 0.717) is 0 Å². The van der Waals surface area contributed by atoms with E-state index in [1.54, 1.807) is 0 Å². The Labute approximate surface area is 127 Å². The summed E-state index contributed by atoms with van der Waals surface area (Å²) >= 11 is 0. The predicted octanol–water partition coefficient (Wildman–Crippen LogP) is 1.55. The van der Waals surface area contributed by atoms with E-state index in [1.807, 2.05) is 24.3 Å². The summed E-state index contributed by atoms with van der Waals surface area (Å²) in [5, 5.41) is 12.0. The lowest BCUT2D eigenvalue weighted by atomic mass is 10.1. The van der Waals surface area contributed by atoms with E-state index in [-0.39, 0.29) is 5.84 Å². The van der Waals surface area contributed by atoms with Crippen molar-refractivity contribution in [2.24, 2.45) is 16.8 Å². The molecule has 0 radical (unpaired) electrons. The zero-order valence-corrected chi connectivity index (χ0v) is 13.0. The minimum Gasteiger partial charge on any atom is -0.409 e. The molecule has 1 saturated heterocycles. The molecule has 5 heteroatoms. The maximum atomic E-state index is 8.88. The molecule has 1 aromatic rings. The standard InChI is InChI=1S/C16H26N4O/c1-13(2)11-19-7-9-20(10-8-19)12-14-5-3-4-6-15(14)16(17)18-21/h3-6,13,21H,7-12H2,1-2H3,(H2,17,18). The minimum absolute atomic E-state index is 0.184. The Kier molecular flexibility index (Phi) is 5.59. The number of rotatable bonds is 5. The van der Waals surface area contributed by atoms with Gasteiger partial charge in [0.2, 0.25) is 0 Å². The first-order valence-corrected chi connectivity index (χ1v) is 7.60. The van der Waals surface area contributed by atoms with Crippen LogP contribution in [0.1, 0.15) is 25.0 Å². The Bertz CT molecular complexity index is 479. The van der Waals surface area contributed by atoms with E-state index in [0.717, 1.165) is 49.8 Å². The Morgan fingerprint density at radius 3 is 2.43 bits per heavy atom. The Morgan fingerprint density at radius 2 is 1.81 bits per heavy atom. The van der Waals surface area contributed by atoms with E-state index in [4.69, 9.17) is 10.9 Å². The summed E-state index contributed by atoms with van der Waals surface area (Å²) in [4.78, 5) is 4.96. The lowest BCUT2D eigenvalue weighted by Gasteiger charge is -2.35. The van der Waals surface area contributed by atoms with Crippen LogP contribution in [0.25, 0.3) is 0 Å². The zero-order valence-electron chi connectivity index (χ0n) is 13.0. The molecule has 1 aliphatic rings. The fourth-order valence-corrected chi connectivity index (χ4v) is 2.85. The Balaban J connectivity index is 1.95. The molecule has 1 fully saturated rings. The van der Waals surface area contributed by atoms with Gasteiger partial charge in [0.25, 0.3) is 0 Å². The largest absolute Gasteiger partial charge is 0.409 e. The summed E-state index contributed by atoms with van der Waals surface area (Å²) in [6, 6.07) is 7.86. The number of nitrogens with zero attached hydrogens (tertiary/aromatic N) is 3. The van der Waals surface area contributed by atoms with Gasteiger partial charge in [0.15, 0.2) is 5.84 Å². The normalized spacial score (nSPS) is 18.3. The minimum atomic E-state index is 0.184. The maximum Gasteiger partial charge on any atom is 0.170 e. The van der Waals surface area contributed by atoms with Crippen molar-refractivity contribution >= 4 is 5.84 Å². The van der Waals surface area contributed by atoms with Crippen molar-refractivity contribution in [3.05, 3.63) is 35.4 Å². The van der Waals surface area contributed by atoms with Crippen molar-refractivity contribution < 1.29 is 5.21 Å². The van der Waals surface area contributed by atoms with Crippen molar-refractivity contribution in [2.45, 2.75) is 20.4 Å². The molecule has 0 aliphatic carbocycles. The number of nitrogens with two attached hydrogens (primary N) is 1. The number of hydrogen-bond donors (Lipinski definition) is 2. The SMILES string of the molecule is CC(C)CN1CCN(Cc2ccccc2C(N)=NO)CC1. The van der Waals surface area contributed by atoms with Crippen molar-refractivity contribution in [3.63, 3.8) is 0 Å². The van der Waals surface area contributed by atoms with Crippen LogP contribution in [0.4, 0.5) is 0 Å². The number of hydrogen-bond acceptors (Lipinski definition) is 4. The number of amidine groups is 1. The quantitative estimate of drug-likeness (QED) is 0.374. The van der Waals surface area contributed by atoms with Crippen molar-refractivity contribution in [1.29, 1.82) is 0 Å². The van der Waals surface area contributed by atoms with Gasteiger partial charge in [-0.2, -0.15) is 0 Å². The van der Waals surface area contributed by atoms with Crippen LogP contribution in [0.5, 0.6) is 0 Å². The topological polar surface area (TPSA) is 65.1 Å². The van der Waals surface area contributed by atoms with E-state index in [1.165, 1.54) is 6.54 Å². The van der Waals surface area contributed by atoms with Gasteiger partial charge in [0.1, 0.15) is 0 Å². The second-order valence-corrected chi connectivity index (χ2v) is 6.11. The average Bonchev–Trinajstić information content (AvgIpc) is 2.48. The molecule has 0 saturated carbocycles. The Morgan fingerprint density at radius 1 is 1.19 bits per heavy atom. The summed E-state index contributed by atoms with van der Waals surface area (Å²) in [5.74, 6) is 0.905. The van der Waals surface area contributed by atoms with Crippen LogP contribution in [0.3, 0.4) is 0 Å². The second-order valence-electron chi connectivity index (χ2n) is 6.11. The summed E-state index contributed by atoms with van der Waals surface area (Å²) in [7, 11) is 0. The molecule has 0 spiro atoms. The molecule has 0 unspecified atom stereocenters. The third-order valence-corrected chi connectivity index (χ3v) is 3.88. The average molecular weight is 290 g/mol. The second kappa shape index (κ2) is 7.43. The van der Waals surface area contributed by atoms with Gasteiger partial charge in [-0.1, -0.05) is 43.3 Å². The highest BCUT2D eigenvalue weighted by atomic mass is 16.4. The molecule has 0 atom stereocenters. The molecule has 1 heterocycles. The van der Waals surface area contributed by atoms with Crippen LogP contribution in [0.2, 0.25) is 0 Å². The van der Waals surface area contributed by atoms with Crippen LogP contribution >= 0.6 is 0 Å². The monoisotopic (exact) mass is 290 g/mol. The molecule has 0 amide bonds. The molecule has 1 aliphatic heterocycles. The van der Waals surface area contributed by atoms with Crippen LogP contribution in [0, 0.1) is 5.92 Å². The molecule has 0 aromatic heterocycles. The molecule has 21 heavy (non-hydrogen) atoms. The first-order chi connectivity index (χ1) is 10.1. The first-order valence-electron chi connectivity index (χ1n) is 7.60. The molecule has 3 N–H and O–H groups in total. The van der Waals surface area contributed by atoms with E-state index in [9.17, 15) is 0 Å². The number of benzene rings is 1. The van der Waals surface area contributed by atoms with Crippen molar-refractivity contribution in [3.8, 4) is 0 Å². The highest BCUT2D eigenvalue weighted by molar-refractivity contribution is 5.98. The number of piperazine rings is 1. The van der Waals surface area contributed by atoms with Gasteiger partial charge in [0, 0.05) is 44.8 Å². The summed E-state index contributed by atoms with van der Waals surface area (Å²) in [6.45, 7) is 10.9. The Hall–Kier alpha value is -1.59. The van der Waals surface area contributed by atoms with Crippen LogP contribution in [-0.2, 0) is 6.54 Å². The smallest absolute Gasteiger partial charge is 0.170 e. The zero-order chi connectivity index (χ0) is 15.2. The number of oxime groups is 1. The lowest BCUT2D eigenvalue weighted by molar-refractivity contribution is 0.117. The summed E-state index contributed by atoms with van der Waals surface area (Å²) in [5.41, 5.74) is 7.69. The van der Waals surface area contributed by atoms with Gasteiger partial charge >= 0.3 is 0 Å². The molecule has 5 nitrogen and oxygen atoms in total. The molecule has 2 rings (SSSR count). The summed E-state index contributed by atoms with van der Waals surface area (Å²) < 4.78 is 0. The molecular formula is C16H26N4O. The van der Waals surface area contributed by atoms with E-state index < -0.39 is 0 Å². The molecular weight excluding hydrogens is 264 g/mol. The first kappa shape index (κ1) is 15.8. The van der Waals surface area contributed by atoms with Gasteiger partial charge in [-0.05, 0) is 11.5 Å². The predicted molar refractivity (Wildman–Crippen MR) is 85.5 cm³/mol. The van der Waals surface area contributed by atoms with Crippen molar-refractivity contribution in [1.82, 2.24) is 9.80 Å². The molecule has 1 aromatic carbocycles. The van der Waals surface area contributed by atoms with Crippen LogP contribution in [-0.4, -0.2) is 53.6 Å². The van der Waals surface area contributed by atoms with Gasteiger partial charge in [-0.25, -0.2) is 0 Å². The summed E-state index contributed by atoms with van der Waals surface area (Å²) in [6.07, 6.45) is 0. The van der Waals surface area contributed by atoms with E-state index >= 15 is 0 Å². The van der Waals surface area contributed by atoms with Crippen LogP contribution < -0.4 is 5.73 Å². The highest BCUT2D eigenvalue weighted by Gasteiger charge is 2.18. The third-order valence-electron chi connectivity index (χ3n) is 3.88. The van der Waals surface area contributed by atoms with Gasteiger partial charge in [-0.3, -0.25) is 4.90 Å². The van der Waals surface area contributed by atoms with Gasteiger partial charge in [0.05, 0.1) is 0 Å². The van der Waals surface area contributed by atoms with Gasteiger partial charge in [-0.15, -0.1) is 0 Å². The maximum absolute atomic E-state index is 8.88. The highest BCUT2D eigenvalue weighted by Crippen LogP contribution is 2.14.